The maximum atomic E-state index is 12.7. The highest BCUT2D eigenvalue weighted by Crippen LogP contribution is 2.38. The van der Waals surface area contributed by atoms with E-state index in [1.807, 2.05) is 6.07 Å². The molecule has 0 saturated carbocycles. The van der Waals surface area contributed by atoms with Gasteiger partial charge >= 0.3 is 0 Å². The van der Waals surface area contributed by atoms with Crippen molar-refractivity contribution in [3.05, 3.63) is 59.7 Å². The third kappa shape index (κ3) is 4.41. The minimum Gasteiger partial charge on any atom is -0.543 e. The molecule has 2 aromatic carbocycles. The molecule has 0 bridgehead atoms. The second-order valence-electron chi connectivity index (χ2n) is 7.90. The molecule has 2 aromatic rings. The first kappa shape index (κ1) is 19.9. The molecule has 2 rings (SSSR count). The molecule has 1 N–H and O–H groups in total. The van der Waals surface area contributed by atoms with Crippen LogP contribution in [0.1, 0.15) is 47.9 Å². The van der Waals surface area contributed by atoms with Gasteiger partial charge in [-0.3, -0.25) is 9.59 Å². The predicted molar refractivity (Wildman–Crippen MR) is 106 cm³/mol. The van der Waals surface area contributed by atoms with Gasteiger partial charge in [-0.25, -0.2) is 0 Å². The third-order valence-electron chi connectivity index (χ3n) is 4.88. The van der Waals surface area contributed by atoms with E-state index >= 15 is 0 Å². The molecule has 5 heteroatoms. The molecule has 0 fully saturated rings. The van der Waals surface area contributed by atoms with Crippen LogP contribution in [0.15, 0.2) is 48.5 Å². The van der Waals surface area contributed by atoms with Crippen LogP contribution in [0.2, 0.25) is 18.1 Å². The van der Waals surface area contributed by atoms with Crippen LogP contribution in [0, 0.1) is 0 Å². The van der Waals surface area contributed by atoms with E-state index in [0.717, 1.165) is 0 Å². The maximum Gasteiger partial charge on any atom is 0.250 e. The molecule has 0 aliphatic carbocycles. The number of para-hydroxylation sites is 2. The van der Waals surface area contributed by atoms with E-state index < -0.39 is 14.1 Å². The summed E-state index contributed by atoms with van der Waals surface area (Å²) in [4.78, 5) is 25.1. The smallest absolute Gasteiger partial charge is 0.250 e. The van der Waals surface area contributed by atoms with E-state index in [0.29, 0.717) is 11.3 Å². The molecule has 0 aliphatic rings. The van der Waals surface area contributed by atoms with Crippen molar-refractivity contribution in [1.82, 2.24) is 0 Å². The molecule has 0 spiro atoms. The van der Waals surface area contributed by atoms with E-state index in [4.69, 9.17) is 4.43 Å². The lowest BCUT2D eigenvalue weighted by molar-refractivity contribution is 0.0892. The summed E-state index contributed by atoms with van der Waals surface area (Å²) < 4.78 is 6.29. The van der Waals surface area contributed by atoms with Crippen molar-refractivity contribution < 1.29 is 19.1 Å². The van der Waals surface area contributed by atoms with Gasteiger partial charge in [0.15, 0.2) is 11.6 Å². The number of hydrogen-bond donors (Lipinski definition) is 1. The minimum atomic E-state index is -2.11. The quantitative estimate of drug-likeness (QED) is 0.429. The van der Waals surface area contributed by atoms with Gasteiger partial charge in [0, 0.05) is 0 Å². The molecule has 0 amide bonds. The minimum absolute atomic E-state index is 0.00515. The van der Waals surface area contributed by atoms with Gasteiger partial charge in [0.1, 0.15) is 11.5 Å². The normalized spacial score (nSPS) is 11.9. The molecule has 138 valence electrons. The van der Waals surface area contributed by atoms with Gasteiger partial charge < -0.3 is 9.53 Å². The molecule has 0 heterocycles. The van der Waals surface area contributed by atoms with Crippen LogP contribution in [0.25, 0.3) is 0 Å². The summed E-state index contributed by atoms with van der Waals surface area (Å²) in [7, 11) is -2.11. The average Bonchev–Trinajstić information content (AvgIpc) is 2.54. The molecule has 0 atom stereocenters. The van der Waals surface area contributed by atoms with Gasteiger partial charge in [0.2, 0.25) is 0 Å². The molecular formula is C21H26O4Si. The molecule has 0 radical (unpaired) electrons. The van der Waals surface area contributed by atoms with Gasteiger partial charge in [-0.2, -0.15) is 0 Å². The number of carbonyl (C=O) groups is 2. The summed E-state index contributed by atoms with van der Waals surface area (Å²) in [6.45, 7) is 10.6. The first-order valence-electron chi connectivity index (χ1n) is 8.65. The molecule has 0 saturated heterocycles. The zero-order valence-corrected chi connectivity index (χ0v) is 17.0. The van der Waals surface area contributed by atoms with E-state index in [2.05, 4.69) is 33.9 Å². The fraction of sp³-hybridized carbons (Fsp3) is 0.333. The summed E-state index contributed by atoms with van der Waals surface area (Å²) in [6.07, 6.45) is -0.310. The number of phenolic OH excluding ortho intramolecular Hbond substituents is 1. The van der Waals surface area contributed by atoms with Gasteiger partial charge in [0.05, 0.1) is 17.5 Å². The van der Waals surface area contributed by atoms with Crippen LogP contribution in [0.5, 0.6) is 11.5 Å². The fourth-order valence-corrected chi connectivity index (χ4v) is 3.29. The predicted octanol–water partition coefficient (Wildman–Crippen LogP) is 5.23. The number of hydrogen-bond acceptors (Lipinski definition) is 4. The maximum absolute atomic E-state index is 12.7. The summed E-state index contributed by atoms with van der Waals surface area (Å²) in [6, 6.07) is 13.3. The number of ketones is 2. The van der Waals surface area contributed by atoms with Crippen molar-refractivity contribution in [1.29, 1.82) is 0 Å². The van der Waals surface area contributed by atoms with E-state index in [-0.39, 0.29) is 28.6 Å². The highest BCUT2D eigenvalue weighted by molar-refractivity contribution is 6.74. The Morgan fingerprint density at radius 3 is 2.00 bits per heavy atom. The zero-order chi connectivity index (χ0) is 19.5. The Morgan fingerprint density at radius 2 is 1.42 bits per heavy atom. The van der Waals surface area contributed by atoms with Crippen LogP contribution >= 0.6 is 0 Å². The lowest BCUT2D eigenvalue weighted by atomic mass is 10.0. The molecule has 0 aliphatic heterocycles. The number of Topliss-reactive ketones (excluding diaryl/α,β-unsaturated/α-hetero) is 2. The average molecular weight is 371 g/mol. The Balaban J connectivity index is 2.25. The molecule has 0 unspecified atom stereocenters. The molecule has 26 heavy (non-hydrogen) atoms. The summed E-state index contributed by atoms with van der Waals surface area (Å²) >= 11 is 0. The second-order valence-corrected chi connectivity index (χ2v) is 12.6. The van der Waals surface area contributed by atoms with Gasteiger partial charge in [-0.05, 0) is 42.4 Å². The first-order chi connectivity index (χ1) is 12.0. The van der Waals surface area contributed by atoms with Crippen molar-refractivity contribution in [2.75, 3.05) is 0 Å². The fourth-order valence-electron chi connectivity index (χ4n) is 2.26. The third-order valence-corrected chi connectivity index (χ3v) is 9.23. The number of rotatable bonds is 6. The van der Waals surface area contributed by atoms with Crippen LogP contribution < -0.4 is 4.43 Å². The van der Waals surface area contributed by atoms with Crippen molar-refractivity contribution in [3.8, 4) is 11.5 Å². The molecule has 4 nitrogen and oxygen atoms in total. The Bertz CT molecular complexity index is 819. The monoisotopic (exact) mass is 370 g/mol. The summed E-state index contributed by atoms with van der Waals surface area (Å²) in [5.74, 6) is -0.312. The topological polar surface area (TPSA) is 63.6 Å². The highest BCUT2D eigenvalue weighted by Gasteiger charge is 2.39. The lowest BCUT2D eigenvalue weighted by Crippen LogP contribution is -2.44. The molecular weight excluding hydrogens is 344 g/mol. The number of benzene rings is 2. The van der Waals surface area contributed by atoms with Crippen LogP contribution in [0.4, 0.5) is 0 Å². The largest absolute Gasteiger partial charge is 0.543 e. The standard InChI is InChI=1S/C21H26O4Si/c1-21(2,3)26(4,5)25-20-13-9-7-11-16(20)19(24)14-18(23)15-10-6-8-12-17(15)22/h6-13,22H,14H2,1-5H3. The second kappa shape index (κ2) is 7.46. The van der Waals surface area contributed by atoms with Gasteiger partial charge in [-0.1, -0.05) is 45.0 Å². The van der Waals surface area contributed by atoms with Crippen molar-refractivity contribution in [2.45, 2.75) is 45.3 Å². The van der Waals surface area contributed by atoms with E-state index in [9.17, 15) is 14.7 Å². The van der Waals surface area contributed by atoms with Crippen molar-refractivity contribution in [2.24, 2.45) is 0 Å². The summed E-state index contributed by atoms with van der Waals surface area (Å²) in [5, 5.41) is 9.80. The highest BCUT2D eigenvalue weighted by atomic mass is 28.4. The Labute approximate surface area is 156 Å². The van der Waals surface area contributed by atoms with Crippen molar-refractivity contribution in [3.63, 3.8) is 0 Å². The zero-order valence-electron chi connectivity index (χ0n) is 16.0. The van der Waals surface area contributed by atoms with Gasteiger partial charge in [-0.15, -0.1) is 0 Å². The van der Waals surface area contributed by atoms with Gasteiger partial charge in [0.25, 0.3) is 8.32 Å². The summed E-state index contributed by atoms with van der Waals surface area (Å²) in [5.41, 5.74) is 0.560. The van der Waals surface area contributed by atoms with Crippen LogP contribution in [0.3, 0.4) is 0 Å². The lowest BCUT2D eigenvalue weighted by Gasteiger charge is -2.36. The Morgan fingerprint density at radius 1 is 0.923 bits per heavy atom. The Hall–Kier alpha value is -2.40. The van der Waals surface area contributed by atoms with Crippen LogP contribution in [-0.2, 0) is 0 Å². The SMILES string of the molecule is CC(C)(C)[Si](C)(C)Oc1ccccc1C(=O)CC(=O)c1ccccc1O. The van der Waals surface area contributed by atoms with E-state index in [1.54, 1.807) is 30.3 Å². The number of phenols is 1. The number of carbonyl (C=O) groups excluding carboxylic acids is 2. The number of aromatic hydroxyl groups is 1. The van der Waals surface area contributed by atoms with Crippen LogP contribution in [-0.4, -0.2) is 25.0 Å². The van der Waals surface area contributed by atoms with Crippen molar-refractivity contribution >= 4 is 19.9 Å². The molecule has 0 aromatic heterocycles. The first-order valence-corrected chi connectivity index (χ1v) is 11.6. The Kier molecular flexibility index (Phi) is 5.71. The van der Waals surface area contributed by atoms with E-state index in [1.165, 1.54) is 12.1 Å².